The van der Waals surface area contributed by atoms with E-state index >= 15 is 0 Å². The minimum absolute atomic E-state index is 0.0691. The smallest absolute Gasteiger partial charge is 0.259 e. The zero-order chi connectivity index (χ0) is 14.6. The quantitative estimate of drug-likeness (QED) is 0.606. The molecule has 1 aromatic rings. The number of hydrogen-bond acceptors (Lipinski definition) is 4. The normalized spacial score (nSPS) is 11.7. The molecule has 0 fully saturated rings. The van der Waals surface area contributed by atoms with Crippen molar-refractivity contribution < 1.29 is 9.85 Å². The van der Waals surface area contributed by atoms with Gasteiger partial charge in [0.05, 0.1) is 15.4 Å². The third-order valence-electron chi connectivity index (χ3n) is 2.36. The fraction of sp³-hybridized carbons (Fsp3) is 0.333. The molecule has 0 radical (unpaired) electrons. The molecule has 0 aliphatic carbocycles. The number of benzene rings is 1. The van der Waals surface area contributed by atoms with Gasteiger partial charge in [0.1, 0.15) is 0 Å². The molecule has 1 aromatic carbocycles. The summed E-state index contributed by atoms with van der Waals surface area (Å²) in [5.74, 6) is 0.0786. The first-order chi connectivity index (χ1) is 8.81. The molecule has 0 unspecified atom stereocenters. The highest BCUT2D eigenvalue weighted by molar-refractivity contribution is 6.30. The fourth-order valence-corrected chi connectivity index (χ4v) is 1.77. The Morgan fingerprint density at radius 3 is 2.47 bits per heavy atom. The molecule has 1 rings (SSSR count). The molecule has 0 aliphatic rings. The predicted molar refractivity (Wildman–Crippen MR) is 72.5 cm³/mol. The summed E-state index contributed by atoms with van der Waals surface area (Å²) in [7, 11) is 0. The molecular formula is C12H13ClN2O4. The molecule has 0 bridgehead atoms. The lowest BCUT2D eigenvalue weighted by Crippen LogP contribution is -2.03. The highest BCUT2D eigenvalue weighted by Gasteiger charge is 2.18. The summed E-state index contributed by atoms with van der Waals surface area (Å²) in [6.45, 7) is 3.67. The molecule has 6 nitrogen and oxygen atoms in total. The van der Waals surface area contributed by atoms with E-state index in [-0.39, 0.29) is 29.3 Å². The Hall–Kier alpha value is -1.95. The van der Waals surface area contributed by atoms with Crippen LogP contribution in [-0.4, -0.2) is 9.85 Å². The summed E-state index contributed by atoms with van der Waals surface area (Å²) >= 11 is 5.77. The van der Waals surface area contributed by atoms with E-state index in [9.17, 15) is 20.2 Å². The summed E-state index contributed by atoms with van der Waals surface area (Å²) in [6.07, 6.45) is 1.45. The lowest BCUT2D eigenvalue weighted by molar-refractivity contribution is -0.427. The van der Waals surface area contributed by atoms with Crippen molar-refractivity contribution in [3.63, 3.8) is 0 Å². The Kier molecular flexibility index (Phi) is 5.00. The van der Waals surface area contributed by atoms with Crippen molar-refractivity contribution in [2.75, 3.05) is 0 Å². The number of nitrogens with zero attached hydrogens (tertiary/aromatic N) is 2. The van der Waals surface area contributed by atoms with Crippen LogP contribution in [0.4, 0.5) is 5.69 Å². The van der Waals surface area contributed by atoms with Gasteiger partial charge < -0.3 is 0 Å². The Bertz CT molecular complexity index is 541. The van der Waals surface area contributed by atoms with Gasteiger partial charge in [-0.1, -0.05) is 25.4 Å². The maximum Gasteiger partial charge on any atom is 0.276 e. The van der Waals surface area contributed by atoms with Crippen molar-refractivity contribution >= 4 is 23.4 Å². The van der Waals surface area contributed by atoms with Crippen molar-refractivity contribution in [2.24, 2.45) is 5.92 Å². The van der Waals surface area contributed by atoms with Crippen molar-refractivity contribution in [3.05, 3.63) is 54.7 Å². The molecule has 0 spiro atoms. The van der Waals surface area contributed by atoms with Crippen LogP contribution in [0.1, 0.15) is 25.8 Å². The molecular weight excluding hydrogens is 272 g/mol. The van der Waals surface area contributed by atoms with E-state index in [0.717, 1.165) is 0 Å². The van der Waals surface area contributed by atoms with Crippen LogP contribution < -0.4 is 0 Å². The van der Waals surface area contributed by atoms with Gasteiger partial charge in [-0.2, -0.15) is 0 Å². The van der Waals surface area contributed by atoms with Gasteiger partial charge in [0.15, 0.2) is 0 Å². The van der Waals surface area contributed by atoms with Crippen LogP contribution in [-0.2, 0) is 0 Å². The SMILES string of the molecule is CC(C)C/C(=C/c1cc(Cl)ccc1[N+](=O)[O-])[N+](=O)[O-]. The van der Waals surface area contributed by atoms with E-state index < -0.39 is 9.85 Å². The number of halogens is 1. The molecule has 0 heterocycles. The average Bonchev–Trinajstić information content (AvgIpc) is 2.26. The standard InChI is InChI=1S/C12H13ClN2O4/c1-8(2)5-11(14(16)17)7-9-6-10(13)3-4-12(9)15(18)19/h3-4,6-8H,5H2,1-2H3/b11-7-. The van der Waals surface area contributed by atoms with Crippen molar-refractivity contribution in [3.8, 4) is 0 Å². The van der Waals surface area contributed by atoms with Crippen molar-refractivity contribution in [2.45, 2.75) is 20.3 Å². The second-order valence-corrected chi connectivity index (χ2v) is 4.89. The zero-order valence-corrected chi connectivity index (χ0v) is 11.3. The number of nitro groups is 2. The van der Waals surface area contributed by atoms with Crippen molar-refractivity contribution in [1.29, 1.82) is 0 Å². The first-order valence-electron chi connectivity index (χ1n) is 5.60. The van der Waals surface area contributed by atoms with Crippen molar-refractivity contribution in [1.82, 2.24) is 0 Å². The van der Waals surface area contributed by atoms with E-state index in [1.165, 1.54) is 24.3 Å². The Morgan fingerprint density at radius 2 is 2.00 bits per heavy atom. The first-order valence-corrected chi connectivity index (χ1v) is 5.98. The lowest BCUT2D eigenvalue weighted by Gasteiger charge is -2.03. The second-order valence-electron chi connectivity index (χ2n) is 4.45. The van der Waals surface area contributed by atoms with E-state index in [1.54, 1.807) is 0 Å². The molecule has 0 N–H and O–H groups in total. The topological polar surface area (TPSA) is 86.3 Å². The van der Waals surface area contributed by atoms with Gasteiger partial charge >= 0.3 is 0 Å². The molecule has 0 saturated carbocycles. The number of nitro benzene ring substituents is 1. The van der Waals surface area contributed by atoms with Gasteiger partial charge in [0, 0.05) is 23.6 Å². The van der Waals surface area contributed by atoms with Crippen LogP contribution >= 0.6 is 11.6 Å². The minimum Gasteiger partial charge on any atom is -0.259 e. The first kappa shape index (κ1) is 15.1. The lowest BCUT2D eigenvalue weighted by atomic mass is 10.1. The number of rotatable bonds is 5. The summed E-state index contributed by atoms with van der Waals surface area (Å²) in [4.78, 5) is 20.7. The molecule has 19 heavy (non-hydrogen) atoms. The maximum atomic E-state index is 10.9. The summed E-state index contributed by atoms with van der Waals surface area (Å²) < 4.78 is 0. The molecule has 0 aromatic heterocycles. The fourth-order valence-electron chi connectivity index (χ4n) is 1.59. The third kappa shape index (κ3) is 4.33. The Morgan fingerprint density at radius 1 is 1.37 bits per heavy atom. The van der Waals surface area contributed by atoms with Crippen LogP contribution in [0.2, 0.25) is 5.02 Å². The van der Waals surface area contributed by atoms with Crippen LogP contribution in [0.15, 0.2) is 23.9 Å². The highest BCUT2D eigenvalue weighted by atomic mass is 35.5. The van der Waals surface area contributed by atoms with Gasteiger partial charge in [-0.25, -0.2) is 0 Å². The monoisotopic (exact) mass is 284 g/mol. The van der Waals surface area contributed by atoms with E-state index in [4.69, 9.17) is 11.6 Å². The van der Waals surface area contributed by atoms with E-state index in [2.05, 4.69) is 0 Å². The van der Waals surface area contributed by atoms with Gasteiger partial charge in [-0.15, -0.1) is 0 Å². The van der Waals surface area contributed by atoms with Gasteiger partial charge in [0.25, 0.3) is 5.69 Å². The summed E-state index contributed by atoms with van der Waals surface area (Å²) in [6, 6.07) is 3.97. The predicted octanol–water partition coefficient (Wildman–Crippen LogP) is 3.91. The van der Waals surface area contributed by atoms with Crippen LogP contribution in [0.3, 0.4) is 0 Å². The number of hydrogen-bond donors (Lipinski definition) is 0. The molecule has 0 atom stereocenters. The molecule has 7 heteroatoms. The third-order valence-corrected chi connectivity index (χ3v) is 2.60. The Balaban J connectivity index is 3.30. The zero-order valence-electron chi connectivity index (χ0n) is 10.5. The number of allylic oxidation sites excluding steroid dienone is 1. The molecule has 0 amide bonds. The van der Waals surface area contributed by atoms with Crippen LogP contribution in [0.5, 0.6) is 0 Å². The molecule has 102 valence electrons. The Labute approximate surface area is 115 Å². The van der Waals surface area contributed by atoms with Crippen LogP contribution in [0.25, 0.3) is 6.08 Å². The summed E-state index contributed by atoms with van der Waals surface area (Å²) in [5.41, 5.74) is -0.127. The summed E-state index contributed by atoms with van der Waals surface area (Å²) in [5, 5.41) is 22.1. The van der Waals surface area contributed by atoms with Gasteiger partial charge in [-0.05, 0) is 18.1 Å². The maximum absolute atomic E-state index is 10.9. The average molecular weight is 285 g/mol. The minimum atomic E-state index is -0.588. The van der Waals surface area contributed by atoms with Gasteiger partial charge in [-0.3, -0.25) is 20.2 Å². The molecule has 0 saturated heterocycles. The second kappa shape index (κ2) is 6.29. The van der Waals surface area contributed by atoms with Gasteiger partial charge in [0.2, 0.25) is 5.70 Å². The van der Waals surface area contributed by atoms with Crippen LogP contribution in [0, 0.1) is 26.1 Å². The van der Waals surface area contributed by atoms with E-state index in [0.29, 0.717) is 5.02 Å². The van der Waals surface area contributed by atoms with E-state index in [1.807, 2.05) is 13.8 Å². The molecule has 0 aliphatic heterocycles. The largest absolute Gasteiger partial charge is 0.276 e. The highest BCUT2D eigenvalue weighted by Crippen LogP contribution is 2.26.